The molecule has 1 aromatic rings. The van der Waals surface area contributed by atoms with Gasteiger partial charge in [0.15, 0.2) is 0 Å². The average molecular weight is 387 g/mol. The van der Waals surface area contributed by atoms with Crippen LogP contribution < -0.4 is 0 Å². The first kappa shape index (κ1) is 18.3. The van der Waals surface area contributed by atoms with Gasteiger partial charge >= 0.3 is 6.18 Å². The molecule has 0 N–H and O–H groups in total. The normalized spacial score (nSPS) is 11.8. The average Bonchev–Trinajstić information content (AvgIpc) is 2.37. The van der Waals surface area contributed by atoms with Gasteiger partial charge in [0.1, 0.15) is 0 Å². The summed E-state index contributed by atoms with van der Waals surface area (Å²) >= 11 is 8.47. The first-order valence-electron chi connectivity index (χ1n) is 6.42. The topological polar surface area (TPSA) is 20.3 Å². The van der Waals surface area contributed by atoms with Crippen molar-refractivity contribution in [1.29, 1.82) is 0 Å². The number of nitrogens with zero attached hydrogens (tertiary/aromatic N) is 1. The minimum atomic E-state index is -4.51. The molecule has 0 spiro atoms. The lowest BCUT2D eigenvalue weighted by Crippen LogP contribution is -2.38. The first-order valence-corrected chi connectivity index (χ1v) is 7.75. The molecule has 0 aromatic heterocycles. The van der Waals surface area contributed by atoms with Crippen LogP contribution in [0.2, 0.25) is 0 Å². The highest BCUT2D eigenvalue weighted by molar-refractivity contribution is 9.10. The number of alkyl halides is 4. The number of hydrogen-bond acceptors (Lipinski definition) is 1. The van der Waals surface area contributed by atoms with Gasteiger partial charge in [-0.15, -0.1) is 11.6 Å². The van der Waals surface area contributed by atoms with Crippen LogP contribution in [0.3, 0.4) is 0 Å². The summed E-state index contributed by atoms with van der Waals surface area (Å²) in [5.74, 6) is -0.0295. The van der Waals surface area contributed by atoms with Crippen molar-refractivity contribution in [2.75, 3.05) is 12.4 Å². The third kappa shape index (κ3) is 4.88. The summed E-state index contributed by atoms with van der Waals surface area (Å²) in [6.45, 7) is 4.04. The molecule has 0 unspecified atom stereocenters. The predicted molar refractivity (Wildman–Crippen MR) is 80.7 cm³/mol. The maximum Gasteiger partial charge on any atom is 0.417 e. The Balaban J connectivity index is 3.11. The highest BCUT2D eigenvalue weighted by Crippen LogP contribution is 2.35. The predicted octanol–water partition coefficient (Wildman–Crippen LogP) is 4.95. The molecule has 0 heterocycles. The Kier molecular flexibility index (Phi) is 6.53. The fourth-order valence-electron chi connectivity index (χ4n) is 1.87. The molecular weight excluding hydrogens is 371 g/mol. The van der Waals surface area contributed by atoms with Crippen molar-refractivity contribution < 1.29 is 18.0 Å². The monoisotopic (exact) mass is 385 g/mol. The Morgan fingerprint density at radius 3 is 2.48 bits per heavy atom. The van der Waals surface area contributed by atoms with E-state index in [4.69, 9.17) is 11.6 Å². The summed E-state index contributed by atoms with van der Waals surface area (Å²) in [5, 5.41) is 0. The molecule has 0 radical (unpaired) electrons. The Labute approximate surface area is 135 Å². The zero-order valence-electron chi connectivity index (χ0n) is 11.7. The first-order chi connectivity index (χ1) is 9.68. The summed E-state index contributed by atoms with van der Waals surface area (Å²) in [6.07, 6.45) is -3.91. The molecule has 0 atom stereocenters. The van der Waals surface area contributed by atoms with E-state index in [9.17, 15) is 18.0 Å². The zero-order valence-corrected chi connectivity index (χ0v) is 14.0. The Morgan fingerprint density at radius 2 is 2.00 bits per heavy atom. The summed E-state index contributed by atoms with van der Waals surface area (Å²) < 4.78 is 38.6. The van der Waals surface area contributed by atoms with E-state index in [1.807, 2.05) is 13.8 Å². The van der Waals surface area contributed by atoms with E-state index in [1.54, 1.807) is 0 Å². The van der Waals surface area contributed by atoms with Crippen LogP contribution in [0.5, 0.6) is 0 Å². The van der Waals surface area contributed by atoms with Crippen molar-refractivity contribution in [2.24, 2.45) is 0 Å². The van der Waals surface area contributed by atoms with Crippen molar-refractivity contribution in [1.82, 2.24) is 4.90 Å². The van der Waals surface area contributed by atoms with Crippen molar-refractivity contribution in [3.63, 3.8) is 0 Å². The molecular formula is C14H16BrClF3NO. The standard InChI is InChI=1S/C14H16BrClF3NO/c1-9(2)20(7-3-6-16)13(21)10-4-5-12(15)11(8-10)14(17,18)19/h4-5,8-9H,3,6-7H2,1-2H3. The van der Waals surface area contributed by atoms with Gasteiger partial charge in [-0.1, -0.05) is 15.9 Å². The third-order valence-corrected chi connectivity index (χ3v) is 3.89. The third-order valence-electron chi connectivity index (χ3n) is 2.94. The summed E-state index contributed by atoms with van der Waals surface area (Å²) in [6, 6.07) is 3.40. The maximum absolute atomic E-state index is 12.9. The lowest BCUT2D eigenvalue weighted by Gasteiger charge is -2.27. The van der Waals surface area contributed by atoms with Crippen LogP contribution in [-0.4, -0.2) is 29.3 Å². The van der Waals surface area contributed by atoms with Crippen molar-refractivity contribution in [3.8, 4) is 0 Å². The molecule has 1 rings (SSSR count). The maximum atomic E-state index is 12.9. The molecule has 1 aromatic carbocycles. The molecule has 0 aliphatic heterocycles. The van der Waals surface area contributed by atoms with E-state index in [1.165, 1.54) is 17.0 Å². The van der Waals surface area contributed by atoms with Crippen LogP contribution in [0.15, 0.2) is 22.7 Å². The van der Waals surface area contributed by atoms with Crippen molar-refractivity contribution >= 4 is 33.4 Å². The lowest BCUT2D eigenvalue weighted by molar-refractivity contribution is -0.138. The molecule has 0 fully saturated rings. The zero-order chi connectivity index (χ0) is 16.2. The van der Waals surface area contributed by atoms with Gasteiger partial charge in [-0.2, -0.15) is 13.2 Å². The largest absolute Gasteiger partial charge is 0.417 e. The van der Waals surface area contributed by atoms with Gasteiger partial charge in [0.05, 0.1) is 5.56 Å². The number of halogens is 5. The van der Waals surface area contributed by atoms with Gasteiger partial charge in [0.25, 0.3) is 5.91 Å². The Morgan fingerprint density at radius 1 is 1.38 bits per heavy atom. The lowest BCUT2D eigenvalue weighted by atomic mass is 10.1. The van der Waals surface area contributed by atoms with Crippen LogP contribution in [0.4, 0.5) is 13.2 Å². The van der Waals surface area contributed by atoms with Crippen molar-refractivity contribution in [2.45, 2.75) is 32.5 Å². The van der Waals surface area contributed by atoms with Crippen LogP contribution in [-0.2, 0) is 6.18 Å². The Bertz CT molecular complexity index is 505. The van der Waals surface area contributed by atoms with Gasteiger partial charge in [0.2, 0.25) is 0 Å². The number of hydrogen-bond donors (Lipinski definition) is 0. The molecule has 0 aliphatic carbocycles. The molecule has 2 nitrogen and oxygen atoms in total. The van der Waals surface area contributed by atoms with E-state index in [0.717, 1.165) is 6.07 Å². The number of rotatable bonds is 5. The van der Waals surface area contributed by atoms with Gasteiger partial charge in [-0.3, -0.25) is 4.79 Å². The van der Waals surface area contributed by atoms with Crippen LogP contribution in [0.25, 0.3) is 0 Å². The number of benzene rings is 1. The van der Waals surface area contributed by atoms with Gasteiger partial charge < -0.3 is 4.90 Å². The molecule has 21 heavy (non-hydrogen) atoms. The van der Waals surface area contributed by atoms with Gasteiger partial charge in [-0.05, 0) is 38.5 Å². The van der Waals surface area contributed by atoms with Crippen LogP contribution in [0.1, 0.15) is 36.2 Å². The summed E-state index contributed by atoms with van der Waals surface area (Å²) in [4.78, 5) is 13.9. The van der Waals surface area contributed by atoms with E-state index in [-0.39, 0.29) is 16.1 Å². The molecule has 118 valence electrons. The molecule has 0 saturated heterocycles. The minimum Gasteiger partial charge on any atom is -0.336 e. The molecule has 1 amide bonds. The quantitative estimate of drug-likeness (QED) is 0.656. The molecule has 7 heteroatoms. The molecule has 0 aliphatic rings. The highest BCUT2D eigenvalue weighted by atomic mass is 79.9. The number of amides is 1. The molecule has 0 bridgehead atoms. The SMILES string of the molecule is CC(C)N(CCCCl)C(=O)c1ccc(Br)c(C(F)(F)F)c1. The second-order valence-corrected chi connectivity index (χ2v) is 6.06. The van der Waals surface area contributed by atoms with E-state index in [2.05, 4.69) is 15.9 Å². The minimum absolute atomic E-state index is 0.0220. The highest BCUT2D eigenvalue weighted by Gasteiger charge is 2.34. The van der Waals surface area contributed by atoms with E-state index in [0.29, 0.717) is 18.8 Å². The van der Waals surface area contributed by atoms with E-state index < -0.39 is 17.6 Å². The smallest absolute Gasteiger partial charge is 0.336 e. The van der Waals surface area contributed by atoms with Gasteiger partial charge in [0, 0.05) is 28.5 Å². The fraction of sp³-hybridized carbons (Fsp3) is 0.500. The summed E-state index contributed by atoms with van der Waals surface area (Å²) in [7, 11) is 0. The summed E-state index contributed by atoms with van der Waals surface area (Å²) in [5.41, 5.74) is -0.830. The second kappa shape index (κ2) is 7.49. The van der Waals surface area contributed by atoms with Crippen LogP contribution >= 0.6 is 27.5 Å². The second-order valence-electron chi connectivity index (χ2n) is 4.83. The van der Waals surface area contributed by atoms with E-state index >= 15 is 0 Å². The number of carbonyl (C=O) groups is 1. The molecule has 0 saturated carbocycles. The van der Waals surface area contributed by atoms with Crippen molar-refractivity contribution in [3.05, 3.63) is 33.8 Å². The van der Waals surface area contributed by atoms with Crippen LogP contribution in [0, 0.1) is 0 Å². The van der Waals surface area contributed by atoms with Gasteiger partial charge in [-0.25, -0.2) is 0 Å². The number of carbonyl (C=O) groups excluding carboxylic acids is 1. The fourth-order valence-corrected chi connectivity index (χ4v) is 2.46. The Hall–Kier alpha value is -0.750.